The SMILES string of the molecule is Clc1ccccc1N=C1SCCN1Cc1ccccn1. The molecule has 0 unspecified atom stereocenters. The monoisotopic (exact) mass is 303 g/mol. The second kappa shape index (κ2) is 6.29. The second-order valence-corrected chi connectivity index (χ2v) is 5.91. The lowest BCUT2D eigenvalue weighted by Crippen LogP contribution is -2.24. The third kappa shape index (κ3) is 3.14. The predicted octanol–water partition coefficient (Wildman–Crippen LogP) is 3.97. The van der Waals surface area contributed by atoms with E-state index in [4.69, 9.17) is 11.6 Å². The van der Waals surface area contributed by atoms with E-state index >= 15 is 0 Å². The van der Waals surface area contributed by atoms with E-state index in [0.29, 0.717) is 5.02 Å². The van der Waals surface area contributed by atoms with Gasteiger partial charge in [0.15, 0.2) is 5.17 Å². The molecule has 1 aromatic heterocycles. The number of hydrogen-bond donors (Lipinski definition) is 0. The number of para-hydroxylation sites is 1. The summed E-state index contributed by atoms with van der Waals surface area (Å²) in [5, 5.41) is 1.70. The molecule has 1 aliphatic heterocycles. The van der Waals surface area contributed by atoms with Gasteiger partial charge in [0.25, 0.3) is 0 Å². The molecule has 2 aromatic rings. The van der Waals surface area contributed by atoms with Crippen molar-refractivity contribution in [2.24, 2.45) is 4.99 Å². The highest BCUT2D eigenvalue weighted by molar-refractivity contribution is 8.14. The zero-order chi connectivity index (χ0) is 13.8. The number of amidine groups is 1. The molecular weight excluding hydrogens is 290 g/mol. The molecule has 1 fully saturated rings. The lowest BCUT2D eigenvalue weighted by atomic mass is 10.3. The van der Waals surface area contributed by atoms with Crippen molar-refractivity contribution in [1.82, 2.24) is 9.88 Å². The number of nitrogens with zero attached hydrogens (tertiary/aromatic N) is 3. The second-order valence-electron chi connectivity index (χ2n) is 4.44. The van der Waals surface area contributed by atoms with Gasteiger partial charge in [0.1, 0.15) is 0 Å². The summed E-state index contributed by atoms with van der Waals surface area (Å²) in [5.74, 6) is 1.05. The van der Waals surface area contributed by atoms with Crippen molar-refractivity contribution in [2.45, 2.75) is 6.54 Å². The Balaban J connectivity index is 1.81. The lowest BCUT2D eigenvalue weighted by Gasteiger charge is -2.17. The first-order chi connectivity index (χ1) is 9.83. The Morgan fingerprint density at radius 3 is 2.85 bits per heavy atom. The van der Waals surface area contributed by atoms with Crippen LogP contribution < -0.4 is 0 Å². The van der Waals surface area contributed by atoms with Gasteiger partial charge in [-0.2, -0.15) is 0 Å². The van der Waals surface area contributed by atoms with Crippen LogP contribution in [0.1, 0.15) is 5.69 Å². The number of halogens is 1. The summed E-state index contributed by atoms with van der Waals surface area (Å²) in [6.45, 7) is 1.78. The molecule has 2 heterocycles. The van der Waals surface area contributed by atoms with E-state index in [0.717, 1.165) is 35.4 Å². The molecule has 0 amide bonds. The van der Waals surface area contributed by atoms with Gasteiger partial charge in [-0.25, -0.2) is 4.99 Å². The zero-order valence-electron chi connectivity index (χ0n) is 10.9. The van der Waals surface area contributed by atoms with Crippen molar-refractivity contribution < 1.29 is 0 Å². The fraction of sp³-hybridized carbons (Fsp3) is 0.200. The van der Waals surface area contributed by atoms with E-state index < -0.39 is 0 Å². The summed E-state index contributed by atoms with van der Waals surface area (Å²) in [4.78, 5) is 11.3. The Morgan fingerprint density at radius 1 is 1.20 bits per heavy atom. The maximum absolute atomic E-state index is 6.16. The average Bonchev–Trinajstić information content (AvgIpc) is 2.90. The zero-order valence-corrected chi connectivity index (χ0v) is 12.4. The van der Waals surface area contributed by atoms with Gasteiger partial charge in [-0.15, -0.1) is 0 Å². The maximum atomic E-state index is 6.16. The van der Waals surface area contributed by atoms with E-state index in [1.54, 1.807) is 11.8 Å². The molecule has 0 aliphatic carbocycles. The van der Waals surface area contributed by atoms with Crippen LogP contribution in [0, 0.1) is 0 Å². The quantitative estimate of drug-likeness (QED) is 0.859. The van der Waals surface area contributed by atoms with Crippen LogP contribution in [0.5, 0.6) is 0 Å². The van der Waals surface area contributed by atoms with Gasteiger partial charge in [0.05, 0.1) is 22.9 Å². The molecule has 102 valence electrons. The number of pyridine rings is 1. The van der Waals surface area contributed by atoms with E-state index in [1.807, 2.05) is 48.7 Å². The normalized spacial score (nSPS) is 16.9. The Kier molecular flexibility index (Phi) is 4.23. The molecule has 3 nitrogen and oxygen atoms in total. The highest BCUT2D eigenvalue weighted by Crippen LogP contribution is 2.28. The van der Waals surface area contributed by atoms with Gasteiger partial charge in [-0.1, -0.05) is 41.6 Å². The highest BCUT2D eigenvalue weighted by Gasteiger charge is 2.20. The summed E-state index contributed by atoms with van der Waals surface area (Å²) in [6.07, 6.45) is 1.82. The minimum absolute atomic E-state index is 0.685. The minimum atomic E-state index is 0.685. The van der Waals surface area contributed by atoms with Crippen molar-refractivity contribution >= 4 is 34.2 Å². The first-order valence-corrected chi connectivity index (χ1v) is 7.80. The lowest BCUT2D eigenvalue weighted by molar-refractivity contribution is 0.450. The largest absolute Gasteiger partial charge is 0.344 e. The fourth-order valence-electron chi connectivity index (χ4n) is 2.02. The maximum Gasteiger partial charge on any atom is 0.164 e. The van der Waals surface area contributed by atoms with E-state index in [2.05, 4.69) is 14.9 Å². The molecule has 3 rings (SSSR count). The van der Waals surface area contributed by atoms with Crippen molar-refractivity contribution in [2.75, 3.05) is 12.3 Å². The van der Waals surface area contributed by atoms with Crippen molar-refractivity contribution in [1.29, 1.82) is 0 Å². The third-order valence-corrected chi connectivity index (χ3v) is 4.32. The van der Waals surface area contributed by atoms with Crippen LogP contribution in [-0.2, 0) is 6.54 Å². The van der Waals surface area contributed by atoms with Crippen LogP contribution in [-0.4, -0.2) is 27.3 Å². The van der Waals surface area contributed by atoms with E-state index in [9.17, 15) is 0 Å². The van der Waals surface area contributed by atoms with Crippen LogP contribution in [0.25, 0.3) is 0 Å². The Labute approximate surface area is 127 Å². The van der Waals surface area contributed by atoms with E-state index in [1.165, 1.54) is 0 Å². The van der Waals surface area contributed by atoms with Gasteiger partial charge >= 0.3 is 0 Å². The number of aromatic nitrogens is 1. The molecule has 0 spiro atoms. The number of hydrogen-bond acceptors (Lipinski definition) is 3. The Morgan fingerprint density at radius 2 is 2.05 bits per heavy atom. The van der Waals surface area contributed by atoms with Crippen LogP contribution >= 0.6 is 23.4 Å². The first kappa shape index (κ1) is 13.5. The number of benzene rings is 1. The van der Waals surface area contributed by atoms with Crippen molar-refractivity contribution in [3.05, 3.63) is 59.4 Å². The molecule has 0 bridgehead atoms. The molecule has 1 aliphatic rings. The van der Waals surface area contributed by atoms with Crippen molar-refractivity contribution in [3.8, 4) is 0 Å². The Bertz CT molecular complexity index is 616. The molecular formula is C15H14ClN3S. The van der Waals surface area contributed by atoms with Crippen LogP contribution in [0.2, 0.25) is 5.02 Å². The number of thioether (sulfide) groups is 1. The number of aliphatic imine (C=N–C) groups is 1. The van der Waals surface area contributed by atoms with Crippen molar-refractivity contribution in [3.63, 3.8) is 0 Å². The predicted molar refractivity (Wildman–Crippen MR) is 85.7 cm³/mol. The van der Waals surface area contributed by atoms with Gasteiger partial charge in [-0.05, 0) is 24.3 Å². The van der Waals surface area contributed by atoms with Crippen LogP contribution in [0.3, 0.4) is 0 Å². The molecule has 0 atom stereocenters. The van der Waals surface area contributed by atoms with Crippen LogP contribution in [0.4, 0.5) is 5.69 Å². The fourth-order valence-corrected chi connectivity index (χ4v) is 3.19. The summed E-state index contributed by atoms with van der Waals surface area (Å²) in [5.41, 5.74) is 1.88. The van der Waals surface area contributed by atoms with Gasteiger partial charge < -0.3 is 4.90 Å². The molecule has 1 saturated heterocycles. The minimum Gasteiger partial charge on any atom is -0.344 e. The standard InChI is InChI=1S/C15H14ClN3S/c16-13-6-1-2-7-14(13)18-15-19(9-10-20-15)11-12-5-3-4-8-17-12/h1-8H,9-11H2. The summed E-state index contributed by atoms with van der Waals surface area (Å²) >= 11 is 7.93. The third-order valence-electron chi connectivity index (χ3n) is 3.01. The van der Waals surface area contributed by atoms with Gasteiger partial charge in [0, 0.05) is 18.5 Å². The summed E-state index contributed by atoms with van der Waals surface area (Å²) in [7, 11) is 0. The van der Waals surface area contributed by atoms with Gasteiger partial charge in [-0.3, -0.25) is 4.98 Å². The summed E-state index contributed by atoms with van der Waals surface area (Å²) < 4.78 is 0. The number of rotatable bonds is 3. The molecule has 20 heavy (non-hydrogen) atoms. The molecule has 0 saturated carbocycles. The van der Waals surface area contributed by atoms with E-state index in [-0.39, 0.29) is 0 Å². The molecule has 5 heteroatoms. The Hall–Kier alpha value is -1.52. The molecule has 0 N–H and O–H groups in total. The summed E-state index contributed by atoms with van der Waals surface area (Å²) in [6, 6.07) is 13.7. The highest BCUT2D eigenvalue weighted by atomic mass is 35.5. The van der Waals surface area contributed by atoms with Crippen LogP contribution in [0.15, 0.2) is 53.7 Å². The van der Waals surface area contributed by atoms with Gasteiger partial charge in [0.2, 0.25) is 0 Å². The topological polar surface area (TPSA) is 28.5 Å². The first-order valence-electron chi connectivity index (χ1n) is 6.44. The smallest absolute Gasteiger partial charge is 0.164 e. The average molecular weight is 304 g/mol. The molecule has 0 radical (unpaired) electrons. The molecule has 1 aromatic carbocycles.